The number of likely N-dealkylation sites (tertiary alicyclic amines) is 1. The maximum atomic E-state index is 12.6. The number of nitrogens with zero attached hydrogens (tertiary/aromatic N) is 4. The predicted octanol–water partition coefficient (Wildman–Crippen LogP) is 1.78. The first-order valence-corrected chi connectivity index (χ1v) is 9.08. The molecule has 1 saturated carbocycles. The molecule has 1 aromatic heterocycles. The van der Waals surface area contributed by atoms with Gasteiger partial charge in [-0.05, 0) is 30.7 Å². The maximum absolute atomic E-state index is 12.6. The highest BCUT2D eigenvalue weighted by Gasteiger charge is 2.32. The Bertz CT molecular complexity index is 726. The molecule has 4 rings (SSSR count). The molecule has 1 amide bonds. The summed E-state index contributed by atoms with van der Waals surface area (Å²) in [6.45, 7) is 1.64. The molecule has 2 aromatic rings. The summed E-state index contributed by atoms with van der Waals surface area (Å²) in [6, 6.07) is 10.3. The standard InChI is InChI=1S/C19H24N4O2/c24-13-16-10-22(9-8-17(16)14-4-2-1-3-5-14)19(25)12-23-11-18(20-21-23)15-6-7-15/h1-5,11,15-17,24H,6-10,12-13H2/t16-,17+/m1/s1. The predicted molar refractivity (Wildman–Crippen MR) is 93.0 cm³/mol. The zero-order valence-corrected chi connectivity index (χ0v) is 14.3. The molecule has 1 N–H and O–H groups in total. The molecule has 1 saturated heterocycles. The topological polar surface area (TPSA) is 71.2 Å². The summed E-state index contributed by atoms with van der Waals surface area (Å²) in [5, 5.41) is 18.1. The number of aliphatic hydroxyl groups excluding tert-OH is 1. The molecule has 2 heterocycles. The molecule has 2 fully saturated rings. The van der Waals surface area contributed by atoms with Crippen LogP contribution < -0.4 is 0 Å². The number of aromatic nitrogens is 3. The Balaban J connectivity index is 1.39. The fraction of sp³-hybridized carbons (Fsp3) is 0.526. The minimum absolute atomic E-state index is 0.0530. The number of rotatable bonds is 5. The van der Waals surface area contributed by atoms with Crippen LogP contribution in [0.4, 0.5) is 0 Å². The lowest BCUT2D eigenvalue weighted by Crippen LogP contribution is -2.45. The van der Waals surface area contributed by atoms with Crippen molar-refractivity contribution in [1.29, 1.82) is 0 Å². The van der Waals surface area contributed by atoms with Crippen LogP contribution >= 0.6 is 0 Å². The Morgan fingerprint density at radius 2 is 2.00 bits per heavy atom. The van der Waals surface area contributed by atoms with Gasteiger partial charge in [-0.1, -0.05) is 35.5 Å². The van der Waals surface area contributed by atoms with Gasteiger partial charge >= 0.3 is 0 Å². The van der Waals surface area contributed by atoms with Crippen molar-refractivity contribution in [2.75, 3.05) is 19.7 Å². The van der Waals surface area contributed by atoms with Gasteiger partial charge in [0.15, 0.2) is 0 Å². The van der Waals surface area contributed by atoms with Gasteiger partial charge in [-0.15, -0.1) is 5.10 Å². The number of aliphatic hydroxyl groups is 1. The number of carbonyl (C=O) groups is 1. The van der Waals surface area contributed by atoms with Crippen molar-refractivity contribution in [3.05, 3.63) is 47.8 Å². The second-order valence-electron chi connectivity index (χ2n) is 7.20. The Morgan fingerprint density at radius 3 is 2.72 bits per heavy atom. The normalized spacial score (nSPS) is 23.6. The van der Waals surface area contributed by atoms with Crippen LogP contribution in [-0.4, -0.2) is 50.6 Å². The molecule has 0 unspecified atom stereocenters. The van der Waals surface area contributed by atoms with Crippen LogP contribution in [0.25, 0.3) is 0 Å². The van der Waals surface area contributed by atoms with Crippen LogP contribution in [0.3, 0.4) is 0 Å². The highest BCUT2D eigenvalue weighted by Crippen LogP contribution is 2.38. The van der Waals surface area contributed by atoms with E-state index in [9.17, 15) is 9.90 Å². The van der Waals surface area contributed by atoms with Crippen LogP contribution in [0.5, 0.6) is 0 Å². The first kappa shape index (κ1) is 16.3. The molecule has 2 aliphatic rings. The third-order valence-corrected chi connectivity index (χ3v) is 5.40. The van der Waals surface area contributed by atoms with Crippen LogP contribution in [0.1, 0.15) is 42.4 Å². The molecule has 6 nitrogen and oxygen atoms in total. The van der Waals surface area contributed by atoms with Crippen LogP contribution in [-0.2, 0) is 11.3 Å². The summed E-state index contributed by atoms with van der Waals surface area (Å²) in [5.74, 6) is 0.988. The third kappa shape index (κ3) is 3.58. The molecular formula is C19H24N4O2. The molecule has 2 atom stereocenters. The van der Waals surface area contributed by atoms with Gasteiger partial charge in [0.05, 0.1) is 5.69 Å². The Morgan fingerprint density at radius 1 is 1.20 bits per heavy atom. The number of hydrogen-bond donors (Lipinski definition) is 1. The van der Waals surface area contributed by atoms with E-state index in [0.717, 1.165) is 18.7 Å². The summed E-state index contributed by atoms with van der Waals surface area (Å²) >= 11 is 0. The van der Waals surface area contributed by atoms with Crippen molar-refractivity contribution in [2.24, 2.45) is 5.92 Å². The van der Waals surface area contributed by atoms with Gasteiger partial charge < -0.3 is 10.0 Å². The summed E-state index contributed by atoms with van der Waals surface area (Å²) < 4.78 is 1.65. The molecule has 25 heavy (non-hydrogen) atoms. The highest BCUT2D eigenvalue weighted by molar-refractivity contribution is 5.76. The fourth-order valence-corrected chi connectivity index (χ4v) is 3.78. The smallest absolute Gasteiger partial charge is 0.244 e. The zero-order valence-electron chi connectivity index (χ0n) is 14.3. The van der Waals surface area contributed by atoms with Gasteiger partial charge in [-0.3, -0.25) is 4.79 Å². The second-order valence-corrected chi connectivity index (χ2v) is 7.20. The highest BCUT2D eigenvalue weighted by atomic mass is 16.3. The number of piperidine rings is 1. The minimum Gasteiger partial charge on any atom is -0.396 e. The Labute approximate surface area is 147 Å². The number of carbonyl (C=O) groups excluding carboxylic acids is 1. The first-order chi connectivity index (χ1) is 12.2. The molecule has 1 aromatic carbocycles. The van der Waals surface area contributed by atoms with E-state index in [1.54, 1.807) is 4.68 Å². The third-order valence-electron chi connectivity index (χ3n) is 5.40. The lowest BCUT2D eigenvalue weighted by Gasteiger charge is -2.38. The molecule has 0 bridgehead atoms. The minimum atomic E-state index is 0.0530. The van der Waals surface area contributed by atoms with Crippen LogP contribution in [0.15, 0.2) is 36.5 Å². The number of amides is 1. The molecule has 0 radical (unpaired) electrons. The average molecular weight is 340 g/mol. The number of hydrogen-bond acceptors (Lipinski definition) is 4. The van der Waals surface area contributed by atoms with E-state index in [0.29, 0.717) is 18.4 Å². The summed E-state index contributed by atoms with van der Waals surface area (Å²) in [7, 11) is 0. The van der Waals surface area contributed by atoms with Gasteiger partial charge in [-0.25, -0.2) is 4.68 Å². The van der Waals surface area contributed by atoms with E-state index in [1.807, 2.05) is 29.3 Å². The van der Waals surface area contributed by atoms with E-state index in [-0.39, 0.29) is 25.0 Å². The summed E-state index contributed by atoms with van der Waals surface area (Å²) in [4.78, 5) is 14.5. The SMILES string of the molecule is O=C(Cn1cc(C2CC2)nn1)N1CC[C@@H](c2ccccc2)[C@@H](CO)C1. The van der Waals surface area contributed by atoms with Gasteiger partial charge in [-0.2, -0.15) is 0 Å². The van der Waals surface area contributed by atoms with Gasteiger partial charge in [0.2, 0.25) is 5.91 Å². The van der Waals surface area contributed by atoms with E-state index in [1.165, 1.54) is 18.4 Å². The van der Waals surface area contributed by atoms with E-state index in [2.05, 4.69) is 22.4 Å². The quantitative estimate of drug-likeness (QED) is 0.901. The lowest BCUT2D eigenvalue weighted by molar-refractivity contribution is -0.134. The van der Waals surface area contributed by atoms with Crippen molar-refractivity contribution < 1.29 is 9.90 Å². The molecule has 132 valence electrons. The molecular weight excluding hydrogens is 316 g/mol. The van der Waals surface area contributed by atoms with Crippen LogP contribution in [0, 0.1) is 5.92 Å². The zero-order chi connectivity index (χ0) is 17.2. The maximum Gasteiger partial charge on any atom is 0.244 e. The van der Waals surface area contributed by atoms with Gasteiger partial charge in [0, 0.05) is 37.7 Å². The molecule has 0 spiro atoms. The fourth-order valence-electron chi connectivity index (χ4n) is 3.78. The molecule has 1 aliphatic heterocycles. The van der Waals surface area contributed by atoms with Crippen LogP contribution in [0.2, 0.25) is 0 Å². The Kier molecular flexibility index (Phi) is 4.53. The van der Waals surface area contributed by atoms with Crippen molar-refractivity contribution in [3.63, 3.8) is 0 Å². The molecule has 1 aliphatic carbocycles. The second kappa shape index (κ2) is 6.96. The van der Waals surface area contributed by atoms with Crippen molar-refractivity contribution in [2.45, 2.75) is 37.6 Å². The van der Waals surface area contributed by atoms with Crippen molar-refractivity contribution in [1.82, 2.24) is 19.9 Å². The van der Waals surface area contributed by atoms with E-state index >= 15 is 0 Å². The van der Waals surface area contributed by atoms with E-state index in [4.69, 9.17) is 0 Å². The summed E-state index contributed by atoms with van der Waals surface area (Å²) in [5.41, 5.74) is 2.25. The molecule has 6 heteroatoms. The first-order valence-electron chi connectivity index (χ1n) is 9.08. The number of benzene rings is 1. The Hall–Kier alpha value is -2.21. The lowest BCUT2D eigenvalue weighted by atomic mass is 9.81. The van der Waals surface area contributed by atoms with E-state index < -0.39 is 0 Å². The van der Waals surface area contributed by atoms with Crippen molar-refractivity contribution >= 4 is 5.91 Å². The average Bonchev–Trinajstić information content (AvgIpc) is 3.41. The van der Waals surface area contributed by atoms with Gasteiger partial charge in [0.1, 0.15) is 6.54 Å². The monoisotopic (exact) mass is 340 g/mol. The van der Waals surface area contributed by atoms with Crippen molar-refractivity contribution in [3.8, 4) is 0 Å². The summed E-state index contributed by atoms with van der Waals surface area (Å²) in [6.07, 6.45) is 5.14. The largest absolute Gasteiger partial charge is 0.396 e. The van der Waals surface area contributed by atoms with Gasteiger partial charge in [0.25, 0.3) is 0 Å².